The molecule has 2 aromatic carbocycles. The van der Waals surface area contributed by atoms with Crippen LogP contribution in [0.4, 0.5) is 24.9 Å². The van der Waals surface area contributed by atoms with Crippen molar-refractivity contribution in [2.24, 2.45) is 0 Å². The van der Waals surface area contributed by atoms with Crippen molar-refractivity contribution in [1.82, 2.24) is 15.0 Å². The Morgan fingerprint density at radius 3 is 2.34 bits per heavy atom. The van der Waals surface area contributed by atoms with Crippen LogP contribution in [0.5, 0.6) is 11.5 Å². The maximum Gasteiger partial charge on any atom is 0.490 e. The number of carbonyl (C=O) groups is 1. The zero-order valence-electron chi connectivity index (χ0n) is 16.8. The van der Waals surface area contributed by atoms with Gasteiger partial charge < -0.3 is 31.0 Å². The van der Waals surface area contributed by atoms with E-state index in [2.05, 4.69) is 15.0 Å². The highest BCUT2D eigenvalue weighted by atomic mass is 19.4. The number of halogens is 3. The van der Waals surface area contributed by atoms with Gasteiger partial charge in [-0.05, 0) is 24.3 Å². The van der Waals surface area contributed by atoms with Gasteiger partial charge in [0.15, 0.2) is 0 Å². The fourth-order valence-corrected chi connectivity index (χ4v) is 3.14. The van der Waals surface area contributed by atoms with Crippen LogP contribution in [0.3, 0.4) is 0 Å². The molecular formula is C20H18F3N5O4. The van der Waals surface area contributed by atoms with E-state index in [4.69, 9.17) is 30.8 Å². The topological polar surface area (TPSA) is 149 Å². The molecule has 0 fully saturated rings. The molecule has 0 atom stereocenters. The van der Waals surface area contributed by atoms with Gasteiger partial charge in [0.2, 0.25) is 5.95 Å². The molecular weight excluding hydrogens is 431 g/mol. The molecule has 2 heterocycles. The molecule has 0 saturated carbocycles. The Labute approximate surface area is 178 Å². The lowest BCUT2D eigenvalue weighted by Crippen LogP contribution is -2.21. The molecule has 9 nitrogen and oxygen atoms in total. The molecule has 6 N–H and O–H groups in total. The zero-order chi connectivity index (χ0) is 23.6. The second-order valence-electron chi connectivity index (χ2n) is 6.42. The number of aromatic amines is 1. The number of carboxylic acid groups (broad SMARTS) is 1. The summed E-state index contributed by atoms with van der Waals surface area (Å²) in [6.45, 7) is 0. The Balaban J connectivity index is 0.000000360. The van der Waals surface area contributed by atoms with Crippen LogP contribution in [-0.2, 0) is 4.79 Å². The van der Waals surface area contributed by atoms with Crippen LogP contribution in [0, 0.1) is 0 Å². The molecule has 32 heavy (non-hydrogen) atoms. The summed E-state index contributed by atoms with van der Waals surface area (Å²) in [5.41, 5.74) is 15.3. The van der Waals surface area contributed by atoms with E-state index in [-0.39, 0.29) is 5.95 Å². The number of nitrogens with one attached hydrogen (secondary N) is 1. The number of nitrogen functional groups attached to an aromatic ring is 2. The number of rotatable bonds is 3. The molecule has 0 unspecified atom stereocenters. The number of nitrogens with zero attached hydrogens (tertiary/aromatic N) is 2. The minimum atomic E-state index is -5.08. The zero-order valence-corrected chi connectivity index (χ0v) is 16.8. The third kappa shape index (κ3) is 4.29. The summed E-state index contributed by atoms with van der Waals surface area (Å²) >= 11 is 0. The highest BCUT2D eigenvalue weighted by molar-refractivity contribution is 6.15. The summed E-state index contributed by atoms with van der Waals surface area (Å²) in [7, 11) is 3.25. The highest BCUT2D eigenvalue weighted by Gasteiger charge is 2.38. The van der Waals surface area contributed by atoms with Crippen molar-refractivity contribution < 1.29 is 32.5 Å². The number of fused-ring (bicyclic) bond motifs is 3. The van der Waals surface area contributed by atoms with Gasteiger partial charge in [0.25, 0.3) is 0 Å². The van der Waals surface area contributed by atoms with E-state index in [1.807, 2.05) is 36.5 Å². The standard InChI is InChI=1S/C18H17N5O2.C2HF3O2/c1-24-9-3-4-10(14(7-9)25-2)12-8-13-15(11-5-6-21-16(11)12)17(19)23-18(20)22-13;3-2(4,5)1(6)7/h3-8,21H,1-2H3,(H4,19,20,22,23);(H,6,7). The van der Waals surface area contributed by atoms with Gasteiger partial charge in [-0.2, -0.15) is 18.2 Å². The third-order valence-corrected chi connectivity index (χ3v) is 4.49. The van der Waals surface area contributed by atoms with Gasteiger partial charge in [-0.3, -0.25) is 0 Å². The van der Waals surface area contributed by atoms with Crippen LogP contribution in [0.25, 0.3) is 32.9 Å². The number of anilines is 2. The van der Waals surface area contributed by atoms with Crippen molar-refractivity contribution in [2.75, 3.05) is 25.7 Å². The van der Waals surface area contributed by atoms with E-state index in [1.165, 1.54) is 0 Å². The van der Waals surface area contributed by atoms with E-state index >= 15 is 0 Å². The molecule has 0 saturated heterocycles. The van der Waals surface area contributed by atoms with Gasteiger partial charge in [0.05, 0.1) is 30.6 Å². The van der Waals surface area contributed by atoms with Gasteiger partial charge in [-0.15, -0.1) is 0 Å². The second kappa shape index (κ2) is 8.49. The molecule has 0 aliphatic heterocycles. The number of benzene rings is 2. The normalized spacial score (nSPS) is 11.2. The van der Waals surface area contributed by atoms with E-state index in [1.54, 1.807) is 14.2 Å². The molecule has 0 aliphatic rings. The summed E-state index contributed by atoms with van der Waals surface area (Å²) in [5, 5.41) is 8.84. The minimum Gasteiger partial charge on any atom is -0.497 e. The molecule has 0 spiro atoms. The number of H-pyrrole nitrogens is 1. The summed E-state index contributed by atoms with van der Waals surface area (Å²) in [6.07, 6.45) is -3.22. The first-order valence-corrected chi connectivity index (χ1v) is 8.92. The van der Waals surface area contributed by atoms with Crippen molar-refractivity contribution in [2.45, 2.75) is 6.18 Å². The smallest absolute Gasteiger partial charge is 0.490 e. The SMILES string of the molecule is COc1ccc(-c2cc3nc(N)nc(N)c3c3cc[nH]c23)c(OC)c1.O=C(O)C(F)(F)F. The number of hydrogen-bond acceptors (Lipinski definition) is 7. The minimum absolute atomic E-state index is 0.146. The molecule has 0 radical (unpaired) electrons. The maximum atomic E-state index is 10.6. The Morgan fingerprint density at radius 1 is 1.06 bits per heavy atom. The van der Waals surface area contributed by atoms with Gasteiger partial charge >= 0.3 is 12.1 Å². The second-order valence-corrected chi connectivity index (χ2v) is 6.42. The lowest BCUT2D eigenvalue weighted by molar-refractivity contribution is -0.192. The largest absolute Gasteiger partial charge is 0.497 e. The Hall–Kier alpha value is -4.22. The van der Waals surface area contributed by atoms with Crippen LogP contribution < -0.4 is 20.9 Å². The number of alkyl halides is 3. The maximum absolute atomic E-state index is 10.6. The highest BCUT2D eigenvalue weighted by Crippen LogP contribution is 2.40. The predicted molar refractivity (Wildman–Crippen MR) is 112 cm³/mol. The first-order valence-electron chi connectivity index (χ1n) is 8.92. The lowest BCUT2D eigenvalue weighted by Gasteiger charge is -2.13. The van der Waals surface area contributed by atoms with Crippen molar-refractivity contribution in [3.05, 3.63) is 36.5 Å². The average Bonchev–Trinajstić information content (AvgIpc) is 3.21. The molecule has 4 rings (SSSR count). The molecule has 2 aromatic heterocycles. The van der Waals surface area contributed by atoms with Crippen LogP contribution in [0.1, 0.15) is 0 Å². The molecule has 4 aromatic rings. The first kappa shape index (κ1) is 22.5. The Bertz CT molecular complexity index is 1300. The number of methoxy groups -OCH3 is 2. The number of carboxylic acids is 1. The van der Waals surface area contributed by atoms with Crippen molar-refractivity contribution in [3.8, 4) is 22.6 Å². The van der Waals surface area contributed by atoms with Crippen LogP contribution in [-0.4, -0.2) is 46.4 Å². The van der Waals surface area contributed by atoms with Crippen LogP contribution in [0.15, 0.2) is 36.5 Å². The average molecular weight is 449 g/mol. The van der Waals surface area contributed by atoms with Gasteiger partial charge in [0.1, 0.15) is 17.3 Å². The number of aromatic nitrogens is 3. The molecule has 0 aliphatic carbocycles. The number of ether oxygens (including phenoxy) is 2. The number of nitrogens with two attached hydrogens (primary N) is 2. The first-order chi connectivity index (χ1) is 15.1. The Kier molecular flexibility index (Phi) is 5.96. The fraction of sp³-hybridized carbons (Fsp3) is 0.150. The molecule has 0 amide bonds. The van der Waals surface area contributed by atoms with Gasteiger partial charge in [-0.1, -0.05) is 0 Å². The predicted octanol–water partition coefficient (Wildman–Crippen LogP) is 3.59. The van der Waals surface area contributed by atoms with Crippen LogP contribution in [0.2, 0.25) is 0 Å². The van der Waals surface area contributed by atoms with Crippen LogP contribution >= 0.6 is 0 Å². The lowest BCUT2D eigenvalue weighted by atomic mass is 9.99. The number of hydrogen-bond donors (Lipinski definition) is 4. The van der Waals surface area contributed by atoms with Gasteiger partial charge in [-0.25, -0.2) is 9.78 Å². The molecule has 0 bridgehead atoms. The quantitative estimate of drug-likeness (QED) is 0.371. The van der Waals surface area contributed by atoms with Crippen molar-refractivity contribution >= 4 is 39.5 Å². The Morgan fingerprint density at radius 2 is 1.75 bits per heavy atom. The monoisotopic (exact) mass is 449 g/mol. The third-order valence-electron chi connectivity index (χ3n) is 4.49. The fourth-order valence-electron chi connectivity index (χ4n) is 3.14. The van der Waals surface area contributed by atoms with Gasteiger partial charge in [0, 0.05) is 28.8 Å². The number of aliphatic carboxylic acids is 1. The van der Waals surface area contributed by atoms with Crippen molar-refractivity contribution in [1.29, 1.82) is 0 Å². The summed E-state index contributed by atoms with van der Waals surface area (Å²) in [6, 6.07) is 9.57. The molecule has 168 valence electrons. The summed E-state index contributed by atoms with van der Waals surface area (Å²) in [5.74, 6) is -0.829. The van der Waals surface area contributed by atoms with E-state index < -0.39 is 12.1 Å². The summed E-state index contributed by atoms with van der Waals surface area (Å²) < 4.78 is 42.6. The van der Waals surface area contributed by atoms with Crippen molar-refractivity contribution in [3.63, 3.8) is 0 Å². The van der Waals surface area contributed by atoms with E-state index in [0.29, 0.717) is 17.1 Å². The summed E-state index contributed by atoms with van der Waals surface area (Å²) in [4.78, 5) is 20.6. The van der Waals surface area contributed by atoms with E-state index in [0.717, 1.165) is 33.2 Å². The van der Waals surface area contributed by atoms with E-state index in [9.17, 15) is 13.2 Å². The molecule has 12 heteroatoms.